The summed E-state index contributed by atoms with van der Waals surface area (Å²) in [4.78, 5) is 12.6. The lowest BCUT2D eigenvalue weighted by molar-refractivity contribution is -0.113. The molecule has 1 aromatic carbocycles. The van der Waals surface area contributed by atoms with Gasteiger partial charge in [-0.1, -0.05) is 68.3 Å². The van der Waals surface area contributed by atoms with Crippen molar-refractivity contribution in [2.75, 3.05) is 11.1 Å². The van der Waals surface area contributed by atoms with Crippen LogP contribution in [0, 0.1) is 0 Å². The highest BCUT2D eigenvalue weighted by atomic mass is 32.2. The van der Waals surface area contributed by atoms with Crippen molar-refractivity contribution in [1.29, 1.82) is 0 Å². The van der Waals surface area contributed by atoms with E-state index in [1.165, 1.54) is 60.8 Å². The molecular weight excluding hydrogens is 480 g/mol. The van der Waals surface area contributed by atoms with Gasteiger partial charge in [0.2, 0.25) is 11.0 Å². The quantitative estimate of drug-likeness (QED) is 0.322. The van der Waals surface area contributed by atoms with Crippen LogP contribution in [0.1, 0.15) is 94.1 Å². The molecule has 0 bridgehead atoms. The molecular formula is C25H34N6O2S2. The molecule has 1 fully saturated rings. The summed E-state index contributed by atoms with van der Waals surface area (Å²) >= 11 is 2.86. The molecule has 188 valence electrons. The van der Waals surface area contributed by atoms with Crippen LogP contribution in [0.4, 0.5) is 5.13 Å². The number of hydrogen-bond donors (Lipinski definition) is 1. The Balaban J connectivity index is 1.32. The predicted octanol–water partition coefficient (Wildman–Crippen LogP) is 6.19. The van der Waals surface area contributed by atoms with Crippen molar-refractivity contribution >= 4 is 34.1 Å². The van der Waals surface area contributed by atoms with Crippen LogP contribution in [-0.2, 0) is 11.3 Å². The second kappa shape index (κ2) is 12.0. The van der Waals surface area contributed by atoms with E-state index in [4.69, 9.17) is 4.74 Å². The number of benzene rings is 1. The number of rotatable bonds is 10. The summed E-state index contributed by atoms with van der Waals surface area (Å²) in [5, 5.41) is 22.4. The molecule has 2 heterocycles. The molecule has 0 radical (unpaired) electrons. The zero-order chi connectivity index (χ0) is 24.8. The van der Waals surface area contributed by atoms with Gasteiger partial charge in [0.1, 0.15) is 10.8 Å². The van der Waals surface area contributed by atoms with Gasteiger partial charge in [-0.3, -0.25) is 10.1 Å². The molecule has 4 rings (SSSR count). The van der Waals surface area contributed by atoms with Crippen molar-refractivity contribution in [3.8, 4) is 5.75 Å². The summed E-state index contributed by atoms with van der Waals surface area (Å²) in [6.07, 6.45) is 5.86. The highest BCUT2D eigenvalue weighted by Crippen LogP contribution is 2.35. The Kier molecular flexibility index (Phi) is 8.78. The highest BCUT2D eigenvalue weighted by molar-refractivity contribution is 7.99. The molecule has 1 N–H and O–H groups in total. The fourth-order valence-corrected chi connectivity index (χ4v) is 6.02. The second-order valence-corrected chi connectivity index (χ2v) is 11.1. The number of thioether (sulfide) groups is 1. The lowest BCUT2D eigenvalue weighted by Crippen LogP contribution is -2.15. The second-order valence-electron chi connectivity index (χ2n) is 9.19. The first-order valence-electron chi connectivity index (χ1n) is 12.4. The third-order valence-corrected chi connectivity index (χ3v) is 8.23. The molecule has 1 aliphatic carbocycles. The van der Waals surface area contributed by atoms with Gasteiger partial charge in [0, 0.05) is 12.5 Å². The molecule has 3 aromatic rings. The Morgan fingerprint density at radius 1 is 1.11 bits per heavy atom. The number of nitrogens with one attached hydrogen (secondary N) is 1. The van der Waals surface area contributed by atoms with Crippen LogP contribution in [0.5, 0.6) is 5.75 Å². The van der Waals surface area contributed by atoms with E-state index in [-0.39, 0.29) is 17.8 Å². The highest BCUT2D eigenvalue weighted by Gasteiger charge is 2.22. The number of carbonyl (C=O) groups excluding carboxylic acids is 1. The Bertz CT molecular complexity index is 1110. The summed E-state index contributed by atoms with van der Waals surface area (Å²) in [6, 6.07) is 8.16. The molecule has 0 spiro atoms. The Labute approximate surface area is 215 Å². The third-order valence-electron chi connectivity index (χ3n) is 6.26. The number of aromatic nitrogens is 5. The normalized spacial score (nSPS) is 15.3. The first-order chi connectivity index (χ1) is 16.9. The molecule has 1 atom stereocenters. The van der Waals surface area contributed by atoms with Crippen LogP contribution in [0.3, 0.4) is 0 Å². The summed E-state index contributed by atoms with van der Waals surface area (Å²) < 4.78 is 8.12. The van der Waals surface area contributed by atoms with Crippen molar-refractivity contribution in [2.24, 2.45) is 0 Å². The zero-order valence-corrected chi connectivity index (χ0v) is 22.5. The van der Waals surface area contributed by atoms with Crippen LogP contribution >= 0.6 is 23.1 Å². The summed E-state index contributed by atoms with van der Waals surface area (Å²) in [5.74, 6) is 2.61. The lowest BCUT2D eigenvalue weighted by Gasteiger charge is -2.18. The fourth-order valence-electron chi connectivity index (χ4n) is 4.28. The molecule has 2 aromatic heterocycles. The lowest BCUT2D eigenvalue weighted by atomic mass is 9.90. The van der Waals surface area contributed by atoms with Crippen molar-refractivity contribution in [3.63, 3.8) is 0 Å². The number of amides is 1. The van der Waals surface area contributed by atoms with E-state index in [9.17, 15) is 4.79 Å². The van der Waals surface area contributed by atoms with E-state index in [0.717, 1.165) is 16.6 Å². The minimum absolute atomic E-state index is 0.122. The van der Waals surface area contributed by atoms with Crippen molar-refractivity contribution in [1.82, 2.24) is 25.0 Å². The van der Waals surface area contributed by atoms with E-state index in [2.05, 4.69) is 51.7 Å². The van der Waals surface area contributed by atoms with Gasteiger partial charge in [-0.25, -0.2) is 0 Å². The van der Waals surface area contributed by atoms with E-state index in [0.29, 0.717) is 28.7 Å². The molecule has 1 saturated carbocycles. The van der Waals surface area contributed by atoms with Gasteiger partial charge in [0.15, 0.2) is 17.1 Å². The maximum absolute atomic E-state index is 12.6. The van der Waals surface area contributed by atoms with Gasteiger partial charge in [0.25, 0.3) is 0 Å². The smallest absolute Gasteiger partial charge is 0.236 e. The SMILES string of the molecule is CCn1c(SCC(=O)Nc2nnc(C3CCCCC3)s2)nnc1C(C)Oc1ccc(C(C)C)cc1. The van der Waals surface area contributed by atoms with Gasteiger partial charge in [-0.2, -0.15) is 0 Å². The molecule has 35 heavy (non-hydrogen) atoms. The standard InChI is InChI=1S/C25H34N6O2S2/c1-5-31-22(17(4)33-20-13-11-18(12-14-20)16(2)3)27-30-25(31)34-15-21(32)26-24-29-28-23(35-24)19-9-7-6-8-10-19/h11-14,16-17,19H,5-10,15H2,1-4H3,(H,26,29,32). The first-order valence-corrected chi connectivity index (χ1v) is 14.2. The van der Waals surface area contributed by atoms with E-state index in [1.54, 1.807) is 0 Å². The minimum Gasteiger partial charge on any atom is -0.483 e. The largest absolute Gasteiger partial charge is 0.483 e. The topological polar surface area (TPSA) is 94.8 Å². The van der Waals surface area contributed by atoms with Crippen LogP contribution in [0.15, 0.2) is 29.4 Å². The van der Waals surface area contributed by atoms with Gasteiger partial charge < -0.3 is 9.30 Å². The maximum atomic E-state index is 12.6. The molecule has 10 heteroatoms. The van der Waals surface area contributed by atoms with Crippen molar-refractivity contribution in [3.05, 3.63) is 40.7 Å². The number of anilines is 1. The first kappa shape index (κ1) is 25.6. The Morgan fingerprint density at radius 2 is 1.86 bits per heavy atom. The molecule has 1 amide bonds. The van der Waals surface area contributed by atoms with Crippen LogP contribution in [0.25, 0.3) is 0 Å². The zero-order valence-electron chi connectivity index (χ0n) is 20.9. The van der Waals surface area contributed by atoms with Crippen LogP contribution in [-0.4, -0.2) is 36.6 Å². The van der Waals surface area contributed by atoms with E-state index < -0.39 is 0 Å². The fraction of sp³-hybridized carbons (Fsp3) is 0.560. The van der Waals surface area contributed by atoms with Crippen molar-refractivity contribution in [2.45, 2.75) is 89.4 Å². The van der Waals surface area contributed by atoms with Gasteiger partial charge in [0.05, 0.1) is 5.75 Å². The molecule has 1 aliphatic rings. The van der Waals surface area contributed by atoms with Crippen LogP contribution in [0.2, 0.25) is 0 Å². The predicted molar refractivity (Wildman–Crippen MR) is 140 cm³/mol. The van der Waals surface area contributed by atoms with Crippen LogP contribution < -0.4 is 10.1 Å². The summed E-state index contributed by atoms with van der Waals surface area (Å²) in [7, 11) is 0. The number of nitrogens with zero attached hydrogens (tertiary/aromatic N) is 5. The van der Waals surface area contributed by atoms with Gasteiger partial charge >= 0.3 is 0 Å². The van der Waals surface area contributed by atoms with E-state index >= 15 is 0 Å². The Morgan fingerprint density at radius 3 is 2.54 bits per heavy atom. The Hall–Kier alpha value is -2.46. The average molecular weight is 515 g/mol. The summed E-state index contributed by atoms with van der Waals surface area (Å²) in [5.41, 5.74) is 1.28. The number of ether oxygens (including phenoxy) is 1. The van der Waals surface area contributed by atoms with E-state index in [1.807, 2.05) is 30.5 Å². The van der Waals surface area contributed by atoms with Gasteiger partial charge in [-0.15, -0.1) is 20.4 Å². The molecule has 8 nitrogen and oxygen atoms in total. The number of hydrogen-bond acceptors (Lipinski definition) is 8. The summed E-state index contributed by atoms with van der Waals surface area (Å²) in [6.45, 7) is 9.03. The molecule has 0 saturated heterocycles. The number of carbonyl (C=O) groups is 1. The third kappa shape index (κ3) is 6.61. The minimum atomic E-state index is -0.268. The van der Waals surface area contributed by atoms with Gasteiger partial charge in [-0.05, 0) is 50.3 Å². The average Bonchev–Trinajstić information content (AvgIpc) is 3.50. The molecule has 0 aliphatic heterocycles. The molecule has 1 unspecified atom stereocenters. The maximum Gasteiger partial charge on any atom is 0.236 e. The monoisotopic (exact) mass is 514 g/mol. The van der Waals surface area contributed by atoms with Crippen molar-refractivity contribution < 1.29 is 9.53 Å².